The molecule has 0 aliphatic carbocycles. The van der Waals surface area contributed by atoms with Crippen LogP contribution in [0.25, 0.3) is 11.5 Å². The van der Waals surface area contributed by atoms with Crippen LogP contribution in [0.3, 0.4) is 0 Å². The summed E-state index contributed by atoms with van der Waals surface area (Å²) in [6.45, 7) is 1.29. The number of oxazole rings is 1. The van der Waals surface area contributed by atoms with Crippen molar-refractivity contribution in [1.29, 1.82) is 0 Å². The third-order valence-corrected chi connectivity index (χ3v) is 4.06. The topological polar surface area (TPSA) is 62.5 Å². The molecule has 1 aromatic heterocycles. The predicted octanol–water partition coefficient (Wildman–Crippen LogP) is 4.52. The summed E-state index contributed by atoms with van der Waals surface area (Å²) in [6, 6.07) is 17.7. The molecule has 0 aliphatic heterocycles. The van der Waals surface area contributed by atoms with Gasteiger partial charge in [0.2, 0.25) is 5.89 Å². The summed E-state index contributed by atoms with van der Waals surface area (Å²) in [4.78, 5) is 8.72. The molecule has 142 valence electrons. The van der Waals surface area contributed by atoms with Crippen LogP contribution in [-0.2, 0) is 13.0 Å². The molecule has 0 bridgehead atoms. The lowest BCUT2D eigenvalue weighted by Crippen LogP contribution is -2.37. The lowest BCUT2D eigenvalue weighted by atomic mass is 10.1. The van der Waals surface area contributed by atoms with Gasteiger partial charge in [-0.25, -0.2) is 4.98 Å². The van der Waals surface area contributed by atoms with Gasteiger partial charge in [-0.05, 0) is 36.2 Å². The Morgan fingerprint density at radius 2 is 1.93 bits per heavy atom. The molecule has 0 spiro atoms. The Balaban J connectivity index is 0.00000261. The number of nitrogens with zero attached hydrogens (tertiary/aromatic N) is 2. The summed E-state index contributed by atoms with van der Waals surface area (Å²) in [5.74, 6) is 1.34. The first-order chi connectivity index (χ1) is 12.7. The van der Waals surface area contributed by atoms with Crippen molar-refractivity contribution in [2.45, 2.75) is 13.0 Å². The number of guanidine groups is 1. The summed E-state index contributed by atoms with van der Waals surface area (Å²) >= 11 is 6.01. The zero-order valence-electron chi connectivity index (χ0n) is 15.0. The monoisotopic (exact) mass is 496 g/mol. The molecule has 3 rings (SSSR count). The first-order valence-electron chi connectivity index (χ1n) is 8.43. The Labute approximate surface area is 181 Å². The zero-order valence-corrected chi connectivity index (χ0v) is 18.1. The summed E-state index contributed by atoms with van der Waals surface area (Å²) in [5, 5.41) is 7.28. The highest BCUT2D eigenvalue weighted by molar-refractivity contribution is 14.0. The van der Waals surface area contributed by atoms with E-state index in [1.807, 2.05) is 48.5 Å². The van der Waals surface area contributed by atoms with Crippen LogP contribution in [0.1, 0.15) is 11.3 Å². The lowest BCUT2D eigenvalue weighted by Gasteiger charge is -2.10. The SMILES string of the molecule is CN=C(NCCc1cccc(Cl)c1)NCc1coc(-c2ccccc2)n1.I. The van der Waals surface area contributed by atoms with Crippen molar-refractivity contribution in [2.24, 2.45) is 4.99 Å². The van der Waals surface area contributed by atoms with E-state index in [4.69, 9.17) is 16.0 Å². The predicted molar refractivity (Wildman–Crippen MR) is 121 cm³/mol. The maximum absolute atomic E-state index is 6.01. The molecule has 0 aliphatic rings. The van der Waals surface area contributed by atoms with Gasteiger partial charge in [-0.15, -0.1) is 24.0 Å². The van der Waals surface area contributed by atoms with Crippen LogP contribution in [0.15, 0.2) is 70.3 Å². The van der Waals surface area contributed by atoms with E-state index in [-0.39, 0.29) is 24.0 Å². The fourth-order valence-corrected chi connectivity index (χ4v) is 2.73. The van der Waals surface area contributed by atoms with Crippen molar-refractivity contribution in [2.75, 3.05) is 13.6 Å². The molecule has 1 heterocycles. The highest BCUT2D eigenvalue weighted by Gasteiger charge is 2.07. The number of nitrogens with one attached hydrogen (secondary N) is 2. The molecule has 3 aromatic rings. The molecule has 27 heavy (non-hydrogen) atoms. The van der Waals surface area contributed by atoms with Gasteiger partial charge in [-0.2, -0.15) is 0 Å². The third-order valence-electron chi connectivity index (χ3n) is 3.83. The first kappa shape index (κ1) is 21.2. The molecule has 2 N–H and O–H groups in total. The largest absolute Gasteiger partial charge is 0.444 e. The van der Waals surface area contributed by atoms with Gasteiger partial charge in [0.25, 0.3) is 0 Å². The lowest BCUT2D eigenvalue weighted by molar-refractivity contribution is 0.572. The summed E-state index contributed by atoms with van der Waals surface area (Å²) in [5.41, 5.74) is 2.97. The van der Waals surface area contributed by atoms with E-state index in [9.17, 15) is 0 Å². The van der Waals surface area contributed by atoms with Gasteiger partial charge in [0.05, 0.1) is 12.2 Å². The summed E-state index contributed by atoms with van der Waals surface area (Å²) in [7, 11) is 1.74. The number of rotatable bonds is 6. The molecule has 7 heteroatoms. The average molecular weight is 497 g/mol. The minimum absolute atomic E-state index is 0. The molecule has 0 atom stereocenters. The average Bonchev–Trinajstić information content (AvgIpc) is 3.14. The van der Waals surface area contributed by atoms with Gasteiger partial charge in [0, 0.05) is 24.2 Å². The van der Waals surface area contributed by atoms with Crippen LogP contribution >= 0.6 is 35.6 Å². The van der Waals surface area contributed by atoms with E-state index < -0.39 is 0 Å². The van der Waals surface area contributed by atoms with Crippen LogP contribution in [0.2, 0.25) is 5.02 Å². The van der Waals surface area contributed by atoms with E-state index >= 15 is 0 Å². The minimum atomic E-state index is 0. The molecular formula is C20H22ClIN4O. The highest BCUT2D eigenvalue weighted by Crippen LogP contribution is 2.17. The maximum atomic E-state index is 6.01. The fraction of sp³-hybridized carbons (Fsp3) is 0.200. The van der Waals surface area contributed by atoms with Crippen molar-refractivity contribution in [3.8, 4) is 11.5 Å². The van der Waals surface area contributed by atoms with E-state index in [0.717, 1.165) is 35.2 Å². The standard InChI is InChI=1S/C20H21ClN4O.HI/c1-22-20(23-11-10-15-6-5-9-17(21)12-15)24-13-18-14-26-19(25-18)16-7-3-2-4-8-16;/h2-9,12,14H,10-11,13H2,1H3,(H2,22,23,24);1H. The fourth-order valence-electron chi connectivity index (χ4n) is 2.51. The number of benzene rings is 2. The van der Waals surface area contributed by atoms with Crippen molar-refractivity contribution in [3.63, 3.8) is 0 Å². The molecule has 0 saturated carbocycles. The summed E-state index contributed by atoms with van der Waals surface area (Å²) < 4.78 is 5.54. The molecule has 0 fully saturated rings. The smallest absolute Gasteiger partial charge is 0.226 e. The van der Waals surface area contributed by atoms with Crippen molar-refractivity contribution < 1.29 is 4.42 Å². The van der Waals surface area contributed by atoms with Gasteiger partial charge < -0.3 is 15.1 Å². The van der Waals surface area contributed by atoms with E-state index in [0.29, 0.717) is 12.4 Å². The Bertz CT molecular complexity index is 867. The molecular weight excluding hydrogens is 475 g/mol. The normalized spacial score (nSPS) is 11.0. The molecule has 0 saturated heterocycles. The molecule has 5 nitrogen and oxygen atoms in total. The first-order valence-corrected chi connectivity index (χ1v) is 8.81. The second-order valence-corrected chi connectivity index (χ2v) is 6.18. The van der Waals surface area contributed by atoms with E-state index in [2.05, 4.69) is 26.7 Å². The molecule has 0 unspecified atom stereocenters. The van der Waals surface area contributed by atoms with Gasteiger partial charge in [-0.1, -0.05) is 41.9 Å². The van der Waals surface area contributed by atoms with E-state index in [1.165, 1.54) is 5.56 Å². The summed E-state index contributed by atoms with van der Waals surface area (Å²) in [6.07, 6.45) is 2.53. The molecule has 0 radical (unpaired) electrons. The van der Waals surface area contributed by atoms with Crippen molar-refractivity contribution in [3.05, 3.63) is 77.1 Å². The van der Waals surface area contributed by atoms with Gasteiger partial charge >= 0.3 is 0 Å². The van der Waals surface area contributed by atoms with Gasteiger partial charge in [0.15, 0.2) is 5.96 Å². The maximum Gasteiger partial charge on any atom is 0.226 e. The Morgan fingerprint density at radius 1 is 1.11 bits per heavy atom. The Hall–Kier alpha value is -2.06. The van der Waals surface area contributed by atoms with E-state index in [1.54, 1.807) is 13.3 Å². The quantitative estimate of drug-likeness (QED) is 0.299. The number of aliphatic imine (C=N–C) groups is 1. The van der Waals surface area contributed by atoms with Crippen LogP contribution in [0.4, 0.5) is 0 Å². The zero-order chi connectivity index (χ0) is 18.2. The van der Waals surface area contributed by atoms with Gasteiger partial charge in [-0.3, -0.25) is 4.99 Å². The van der Waals surface area contributed by atoms with Gasteiger partial charge in [0.1, 0.15) is 6.26 Å². The van der Waals surface area contributed by atoms with Crippen molar-refractivity contribution >= 4 is 41.5 Å². The number of hydrogen-bond donors (Lipinski definition) is 2. The van der Waals surface area contributed by atoms with Crippen LogP contribution in [-0.4, -0.2) is 24.5 Å². The second kappa shape index (κ2) is 10.9. The Morgan fingerprint density at radius 3 is 2.67 bits per heavy atom. The Kier molecular flexibility index (Phi) is 8.60. The van der Waals surface area contributed by atoms with Crippen LogP contribution in [0, 0.1) is 0 Å². The van der Waals surface area contributed by atoms with Crippen LogP contribution in [0.5, 0.6) is 0 Å². The minimum Gasteiger partial charge on any atom is -0.444 e. The number of halogens is 2. The van der Waals surface area contributed by atoms with Crippen LogP contribution < -0.4 is 10.6 Å². The number of hydrogen-bond acceptors (Lipinski definition) is 3. The molecule has 2 aromatic carbocycles. The second-order valence-electron chi connectivity index (χ2n) is 5.74. The highest BCUT2D eigenvalue weighted by atomic mass is 127. The van der Waals surface area contributed by atoms with Crippen molar-refractivity contribution in [1.82, 2.24) is 15.6 Å². The molecule has 0 amide bonds. The number of aromatic nitrogens is 1. The third kappa shape index (κ3) is 6.55.